The fourth-order valence-corrected chi connectivity index (χ4v) is 2.99. The number of aromatic nitrogens is 1. The monoisotopic (exact) mass is 338 g/mol. The number of hydrogen-bond donors (Lipinski definition) is 2. The van der Waals surface area contributed by atoms with Crippen LogP contribution in [0.4, 0.5) is 16.2 Å². The number of carbonyl (C=O) groups excluding carboxylic acids is 2. The van der Waals surface area contributed by atoms with Crippen LogP contribution in [-0.4, -0.2) is 41.8 Å². The molecule has 6 heteroatoms. The molecule has 2 N–H and O–H groups in total. The molecule has 1 aliphatic rings. The van der Waals surface area contributed by atoms with Crippen molar-refractivity contribution in [2.75, 3.05) is 30.8 Å². The SMILES string of the molecule is CN1CCC(C(=O)c2cccc(NC(=O)Nc3ccncc3)c2)CC1. The van der Waals surface area contributed by atoms with Gasteiger partial charge in [-0.15, -0.1) is 0 Å². The summed E-state index contributed by atoms with van der Waals surface area (Å²) in [5.41, 5.74) is 1.91. The first-order valence-corrected chi connectivity index (χ1v) is 8.42. The smallest absolute Gasteiger partial charge is 0.308 e. The second-order valence-electron chi connectivity index (χ2n) is 6.34. The van der Waals surface area contributed by atoms with Crippen LogP contribution in [0.15, 0.2) is 48.8 Å². The van der Waals surface area contributed by atoms with E-state index in [-0.39, 0.29) is 17.7 Å². The standard InChI is InChI=1S/C19H22N4O2/c1-23-11-7-14(8-12-23)18(24)15-3-2-4-17(13-15)22-19(25)21-16-5-9-20-10-6-16/h2-6,9-10,13-14H,7-8,11-12H2,1H3,(H2,20,21,22,25). The molecule has 3 rings (SSSR count). The van der Waals surface area contributed by atoms with Gasteiger partial charge in [0.1, 0.15) is 0 Å². The molecule has 1 aromatic carbocycles. The number of pyridine rings is 1. The molecule has 0 unspecified atom stereocenters. The van der Waals surface area contributed by atoms with Gasteiger partial charge in [0, 0.05) is 35.2 Å². The maximum Gasteiger partial charge on any atom is 0.323 e. The van der Waals surface area contributed by atoms with E-state index in [0.717, 1.165) is 25.9 Å². The lowest BCUT2D eigenvalue weighted by molar-refractivity contribution is 0.0857. The Morgan fingerprint density at radius 1 is 1.04 bits per heavy atom. The van der Waals surface area contributed by atoms with Crippen LogP contribution >= 0.6 is 0 Å². The summed E-state index contributed by atoms with van der Waals surface area (Å²) in [6.45, 7) is 1.89. The fourth-order valence-electron chi connectivity index (χ4n) is 2.99. The van der Waals surface area contributed by atoms with Gasteiger partial charge in [-0.05, 0) is 57.2 Å². The molecule has 1 fully saturated rings. The average molecular weight is 338 g/mol. The maximum atomic E-state index is 12.7. The van der Waals surface area contributed by atoms with Crippen LogP contribution in [0.5, 0.6) is 0 Å². The van der Waals surface area contributed by atoms with E-state index in [2.05, 4.69) is 27.6 Å². The number of Topliss-reactive ketones (excluding diaryl/α,β-unsaturated/α-hetero) is 1. The first-order chi connectivity index (χ1) is 12.1. The average Bonchev–Trinajstić information content (AvgIpc) is 2.63. The van der Waals surface area contributed by atoms with Crippen molar-refractivity contribution in [3.63, 3.8) is 0 Å². The minimum atomic E-state index is -0.352. The van der Waals surface area contributed by atoms with E-state index in [4.69, 9.17) is 0 Å². The lowest BCUT2D eigenvalue weighted by Crippen LogP contribution is -2.33. The molecular weight excluding hydrogens is 316 g/mol. The molecule has 0 atom stereocenters. The highest BCUT2D eigenvalue weighted by molar-refractivity contribution is 6.02. The Morgan fingerprint density at radius 3 is 2.44 bits per heavy atom. The largest absolute Gasteiger partial charge is 0.323 e. The molecule has 0 saturated carbocycles. The normalized spacial score (nSPS) is 15.6. The van der Waals surface area contributed by atoms with Gasteiger partial charge in [0.25, 0.3) is 0 Å². The van der Waals surface area contributed by atoms with Crippen molar-refractivity contribution in [1.82, 2.24) is 9.88 Å². The van der Waals surface area contributed by atoms with Crippen molar-refractivity contribution in [2.45, 2.75) is 12.8 Å². The number of ketones is 1. The Bertz CT molecular complexity index is 740. The first kappa shape index (κ1) is 17.1. The van der Waals surface area contributed by atoms with E-state index >= 15 is 0 Å². The van der Waals surface area contributed by atoms with Crippen LogP contribution in [0.25, 0.3) is 0 Å². The Morgan fingerprint density at radius 2 is 1.72 bits per heavy atom. The summed E-state index contributed by atoms with van der Waals surface area (Å²) >= 11 is 0. The van der Waals surface area contributed by atoms with Gasteiger partial charge < -0.3 is 15.5 Å². The molecule has 130 valence electrons. The topological polar surface area (TPSA) is 74.3 Å². The van der Waals surface area contributed by atoms with Gasteiger partial charge in [0.05, 0.1) is 0 Å². The van der Waals surface area contributed by atoms with Gasteiger partial charge in [-0.2, -0.15) is 0 Å². The molecular formula is C19H22N4O2. The fraction of sp³-hybridized carbons (Fsp3) is 0.316. The second kappa shape index (κ2) is 7.90. The number of anilines is 2. The lowest BCUT2D eigenvalue weighted by atomic mass is 9.89. The van der Waals surface area contributed by atoms with E-state index in [1.165, 1.54) is 0 Å². The number of nitrogens with one attached hydrogen (secondary N) is 2. The third kappa shape index (κ3) is 4.64. The minimum Gasteiger partial charge on any atom is -0.308 e. The number of urea groups is 1. The summed E-state index contributed by atoms with van der Waals surface area (Å²) in [5.74, 6) is 0.225. The van der Waals surface area contributed by atoms with E-state index in [9.17, 15) is 9.59 Å². The molecule has 2 amide bonds. The van der Waals surface area contributed by atoms with Crippen molar-refractivity contribution in [3.05, 3.63) is 54.4 Å². The maximum absolute atomic E-state index is 12.7. The van der Waals surface area contributed by atoms with Crippen molar-refractivity contribution < 1.29 is 9.59 Å². The van der Waals surface area contributed by atoms with Crippen LogP contribution in [0, 0.1) is 5.92 Å². The molecule has 0 spiro atoms. The second-order valence-corrected chi connectivity index (χ2v) is 6.34. The molecule has 1 saturated heterocycles. The number of rotatable bonds is 4. The number of likely N-dealkylation sites (tertiary alicyclic amines) is 1. The number of hydrogen-bond acceptors (Lipinski definition) is 4. The lowest BCUT2D eigenvalue weighted by Gasteiger charge is -2.28. The van der Waals surface area contributed by atoms with Crippen LogP contribution < -0.4 is 10.6 Å². The number of benzene rings is 1. The third-order valence-corrected chi connectivity index (χ3v) is 4.43. The molecule has 0 bridgehead atoms. The zero-order valence-electron chi connectivity index (χ0n) is 14.2. The van der Waals surface area contributed by atoms with Crippen LogP contribution in [0.1, 0.15) is 23.2 Å². The first-order valence-electron chi connectivity index (χ1n) is 8.42. The Labute approximate surface area is 147 Å². The van der Waals surface area contributed by atoms with Crippen LogP contribution in [0.3, 0.4) is 0 Å². The number of amides is 2. The summed E-state index contributed by atoms with van der Waals surface area (Å²) in [4.78, 5) is 30.9. The van der Waals surface area contributed by atoms with E-state index in [1.54, 1.807) is 42.7 Å². The summed E-state index contributed by atoms with van der Waals surface area (Å²) in [6.07, 6.45) is 4.98. The molecule has 1 aliphatic heterocycles. The summed E-state index contributed by atoms with van der Waals surface area (Å²) in [6, 6.07) is 10.2. The zero-order valence-corrected chi connectivity index (χ0v) is 14.2. The molecule has 25 heavy (non-hydrogen) atoms. The van der Waals surface area contributed by atoms with Gasteiger partial charge >= 0.3 is 6.03 Å². The molecule has 0 radical (unpaired) electrons. The van der Waals surface area contributed by atoms with Crippen LogP contribution in [0.2, 0.25) is 0 Å². The quantitative estimate of drug-likeness (QED) is 0.839. The van der Waals surface area contributed by atoms with Crippen molar-refractivity contribution in [1.29, 1.82) is 0 Å². The minimum absolute atomic E-state index is 0.0668. The van der Waals surface area contributed by atoms with Gasteiger partial charge in [-0.25, -0.2) is 4.79 Å². The highest BCUT2D eigenvalue weighted by Gasteiger charge is 2.24. The van der Waals surface area contributed by atoms with Crippen molar-refractivity contribution in [2.24, 2.45) is 5.92 Å². The molecule has 2 aromatic rings. The Hall–Kier alpha value is -2.73. The van der Waals surface area contributed by atoms with E-state index < -0.39 is 0 Å². The van der Waals surface area contributed by atoms with Gasteiger partial charge in [-0.1, -0.05) is 12.1 Å². The van der Waals surface area contributed by atoms with Crippen LogP contribution in [-0.2, 0) is 0 Å². The molecule has 1 aromatic heterocycles. The molecule has 2 heterocycles. The van der Waals surface area contributed by atoms with Crippen molar-refractivity contribution in [3.8, 4) is 0 Å². The zero-order chi connectivity index (χ0) is 17.6. The Kier molecular flexibility index (Phi) is 5.40. The highest BCUT2D eigenvalue weighted by Crippen LogP contribution is 2.22. The Balaban J connectivity index is 1.63. The van der Waals surface area contributed by atoms with E-state index in [1.807, 2.05) is 6.07 Å². The predicted octanol–water partition coefficient (Wildman–Crippen LogP) is 3.25. The molecule has 6 nitrogen and oxygen atoms in total. The van der Waals surface area contributed by atoms with E-state index in [0.29, 0.717) is 16.9 Å². The number of carbonyl (C=O) groups is 2. The van der Waals surface area contributed by atoms with Gasteiger partial charge in [0.2, 0.25) is 0 Å². The highest BCUT2D eigenvalue weighted by atomic mass is 16.2. The predicted molar refractivity (Wildman–Crippen MR) is 97.9 cm³/mol. The van der Waals surface area contributed by atoms with Gasteiger partial charge in [-0.3, -0.25) is 9.78 Å². The number of nitrogens with zero attached hydrogens (tertiary/aromatic N) is 2. The summed E-state index contributed by atoms with van der Waals surface area (Å²) < 4.78 is 0. The number of piperidine rings is 1. The summed E-state index contributed by atoms with van der Waals surface area (Å²) in [5, 5.41) is 5.49. The molecule has 0 aliphatic carbocycles. The summed E-state index contributed by atoms with van der Waals surface area (Å²) in [7, 11) is 2.08. The van der Waals surface area contributed by atoms with Gasteiger partial charge in [0.15, 0.2) is 5.78 Å². The van der Waals surface area contributed by atoms with Crippen molar-refractivity contribution >= 4 is 23.2 Å². The third-order valence-electron chi connectivity index (χ3n) is 4.43.